The van der Waals surface area contributed by atoms with E-state index in [4.69, 9.17) is 0 Å². The summed E-state index contributed by atoms with van der Waals surface area (Å²) >= 11 is 0. The molecule has 0 aliphatic carbocycles. The first-order chi connectivity index (χ1) is 15.0. The van der Waals surface area contributed by atoms with Crippen molar-refractivity contribution in [3.63, 3.8) is 0 Å². The van der Waals surface area contributed by atoms with Crippen molar-refractivity contribution in [2.45, 2.75) is 25.8 Å². The molecule has 1 aliphatic heterocycles. The molecule has 0 unspecified atom stereocenters. The molecule has 3 aromatic rings. The largest absolute Gasteiger partial charge is 0.326 e. The van der Waals surface area contributed by atoms with E-state index < -0.39 is 10.9 Å². The number of aryl methyl sites for hydroxylation is 2. The minimum Gasteiger partial charge on any atom is -0.326 e. The van der Waals surface area contributed by atoms with Gasteiger partial charge in [0.2, 0.25) is 22.7 Å². The molecule has 2 N–H and O–H groups in total. The number of nitrogens with zero attached hydrogens (tertiary/aromatic N) is 4. The maximum absolute atomic E-state index is 11.5. The average Bonchev–Trinajstić information content (AvgIpc) is 3.12. The van der Waals surface area contributed by atoms with E-state index in [0.29, 0.717) is 25.2 Å². The standard InChI is InChI=1S/C21H22N6O3S/c1-27(31(29)30)13-19-14(3-2-9-22-19)4-5-16-8-10-23-21(24-16)25-17-6-7-18-15(11-17)12-20(28)26-18/h2-3,6-11,31H,4-5,12-13H2,1H3,(H,26,28)(H,23,24,25). The first-order valence-corrected chi connectivity index (χ1v) is 10.9. The molecular formula is C21H22N6O3S. The van der Waals surface area contributed by atoms with Crippen LogP contribution in [0, 0.1) is 0 Å². The number of aromatic nitrogens is 3. The molecule has 0 atom stereocenters. The average molecular weight is 439 g/mol. The second-order valence-electron chi connectivity index (χ2n) is 7.26. The second-order valence-corrected chi connectivity index (χ2v) is 8.41. The fourth-order valence-electron chi connectivity index (χ4n) is 3.41. The topological polar surface area (TPSA) is 117 Å². The number of carbonyl (C=O) groups excluding carboxylic acids is 1. The third-order valence-electron chi connectivity index (χ3n) is 4.99. The SMILES string of the molecule is CN(Cc1ncccc1CCc1ccnc(Nc2ccc3c(c2)CC(=O)N3)n1)[SH](=O)=O. The van der Waals surface area contributed by atoms with E-state index in [0.717, 1.165) is 33.9 Å². The van der Waals surface area contributed by atoms with Gasteiger partial charge in [-0.1, -0.05) is 6.07 Å². The van der Waals surface area contributed by atoms with E-state index in [1.807, 2.05) is 36.4 Å². The molecule has 0 fully saturated rings. The van der Waals surface area contributed by atoms with Crippen molar-refractivity contribution in [2.24, 2.45) is 0 Å². The van der Waals surface area contributed by atoms with Crippen molar-refractivity contribution in [1.82, 2.24) is 19.3 Å². The van der Waals surface area contributed by atoms with Crippen LogP contribution < -0.4 is 10.6 Å². The number of amides is 1. The van der Waals surface area contributed by atoms with Crippen molar-refractivity contribution in [3.05, 3.63) is 71.3 Å². The molecule has 0 bridgehead atoms. The molecule has 9 nitrogen and oxygen atoms in total. The molecule has 31 heavy (non-hydrogen) atoms. The molecule has 1 aromatic carbocycles. The number of fused-ring (bicyclic) bond motifs is 1. The predicted octanol–water partition coefficient (Wildman–Crippen LogP) is 1.85. The van der Waals surface area contributed by atoms with Gasteiger partial charge in [0.15, 0.2) is 0 Å². The van der Waals surface area contributed by atoms with Crippen LogP contribution in [0.25, 0.3) is 0 Å². The lowest BCUT2D eigenvalue weighted by Gasteiger charge is -2.12. The highest BCUT2D eigenvalue weighted by molar-refractivity contribution is 7.69. The quantitative estimate of drug-likeness (QED) is 0.460. The third kappa shape index (κ3) is 5.22. The lowest BCUT2D eigenvalue weighted by atomic mass is 10.1. The van der Waals surface area contributed by atoms with Gasteiger partial charge in [0, 0.05) is 36.5 Å². The Balaban J connectivity index is 1.43. The van der Waals surface area contributed by atoms with Crippen molar-refractivity contribution in [3.8, 4) is 0 Å². The summed E-state index contributed by atoms with van der Waals surface area (Å²) in [6.45, 7) is 0.237. The van der Waals surface area contributed by atoms with Gasteiger partial charge < -0.3 is 10.6 Å². The summed E-state index contributed by atoms with van der Waals surface area (Å²) in [4.78, 5) is 24.7. The fourth-order valence-corrected chi connectivity index (χ4v) is 3.66. The Kier molecular flexibility index (Phi) is 6.19. The molecule has 0 radical (unpaired) electrons. The van der Waals surface area contributed by atoms with Gasteiger partial charge in [-0.15, -0.1) is 0 Å². The van der Waals surface area contributed by atoms with E-state index >= 15 is 0 Å². The van der Waals surface area contributed by atoms with E-state index in [1.165, 1.54) is 11.4 Å². The Morgan fingerprint density at radius 1 is 1.13 bits per heavy atom. The monoisotopic (exact) mass is 438 g/mol. The van der Waals surface area contributed by atoms with Gasteiger partial charge in [-0.2, -0.15) is 0 Å². The van der Waals surface area contributed by atoms with Crippen LogP contribution >= 0.6 is 0 Å². The number of hydrogen-bond donors (Lipinski definition) is 3. The maximum atomic E-state index is 11.5. The van der Waals surface area contributed by atoms with E-state index in [1.54, 1.807) is 12.4 Å². The Labute approximate surface area is 181 Å². The van der Waals surface area contributed by atoms with Gasteiger partial charge in [-0.3, -0.25) is 9.78 Å². The lowest BCUT2D eigenvalue weighted by Crippen LogP contribution is -2.17. The zero-order valence-corrected chi connectivity index (χ0v) is 17.8. The number of carbonyl (C=O) groups is 1. The van der Waals surface area contributed by atoms with Crippen LogP contribution in [0.2, 0.25) is 0 Å². The van der Waals surface area contributed by atoms with E-state index in [9.17, 15) is 13.2 Å². The summed E-state index contributed by atoms with van der Waals surface area (Å²) in [5, 5.41) is 6.00. The fraction of sp³-hybridized carbons (Fsp3) is 0.238. The molecule has 160 valence electrons. The highest BCUT2D eigenvalue weighted by atomic mass is 32.2. The number of hydrogen-bond acceptors (Lipinski definition) is 7. The molecule has 0 saturated carbocycles. The highest BCUT2D eigenvalue weighted by Crippen LogP contribution is 2.27. The van der Waals surface area contributed by atoms with Crippen molar-refractivity contribution < 1.29 is 13.2 Å². The first-order valence-electron chi connectivity index (χ1n) is 9.78. The minimum atomic E-state index is -2.64. The molecular weight excluding hydrogens is 416 g/mol. The zero-order valence-electron chi connectivity index (χ0n) is 16.9. The first kappa shape index (κ1) is 20.9. The lowest BCUT2D eigenvalue weighted by molar-refractivity contribution is -0.115. The normalized spacial score (nSPS) is 12.8. The smallest absolute Gasteiger partial charge is 0.228 e. The summed E-state index contributed by atoms with van der Waals surface area (Å²) in [5.41, 5.74) is 5.17. The maximum Gasteiger partial charge on any atom is 0.228 e. The summed E-state index contributed by atoms with van der Waals surface area (Å²) < 4.78 is 23.5. The van der Waals surface area contributed by atoms with Crippen LogP contribution in [0.15, 0.2) is 48.8 Å². The highest BCUT2D eigenvalue weighted by Gasteiger charge is 2.17. The Hall–Kier alpha value is -3.37. The van der Waals surface area contributed by atoms with Gasteiger partial charge in [-0.25, -0.2) is 22.7 Å². The van der Waals surface area contributed by atoms with Gasteiger partial charge in [-0.05, 0) is 54.3 Å². The third-order valence-corrected chi connectivity index (χ3v) is 5.69. The van der Waals surface area contributed by atoms with Crippen molar-refractivity contribution in [2.75, 3.05) is 17.7 Å². The molecule has 1 aliphatic rings. The summed E-state index contributed by atoms with van der Waals surface area (Å²) in [5.74, 6) is 0.470. The number of thiol groups is 1. The molecule has 2 aromatic heterocycles. The zero-order chi connectivity index (χ0) is 21.8. The molecule has 10 heteroatoms. The second kappa shape index (κ2) is 9.19. The van der Waals surface area contributed by atoms with Crippen LogP contribution in [-0.2, 0) is 41.5 Å². The van der Waals surface area contributed by atoms with Crippen molar-refractivity contribution >= 4 is 34.1 Å². The number of pyridine rings is 1. The van der Waals surface area contributed by atoms with Crippen LogP contribution in [0.1, 0.15) is 22.5 Å². The number of rotatable bonds is 8. The van der Waals surface area contributed by atoms with Gasteiger partial charge in [0.1, 0.15) is 0 Å². The summed E-state index contributed by atoms with van der Waals surface area (Å²) in [6.07, 6.45) is 5.07. The number of nitrogens with one attached hydrogen (secondary N) is 2. The minimum absolute atomic E-state index is 0.00604. The van der Waals surface area contributed by atoms with Crippen LogP contribution in [-0.4, -0.2) is 40.6 Å². The number of anilines is 3. The van der Waals surface area contributed by atoms with Crippen LogP contribution in [0.5, 0.6) is 0 Å². The summed E-state index contributed by atoms with van der Waals surface area (Å²) in [7, 11) is -1.12. The van der Waals surface area contributed by atoms with Crippen molar-refractivity contribution in [1.29, 1.82) is 0 Å². The Bertz CT molecular complexity index is 1190. The summed E-state index contributed by atoms with van der Waals surface area (Å²) in [6, 6.07) is 11.3. The molecule has 3 heterocycles. The Morgan fingerprint density at radius 3 is 2.84 bits per heavy atom. The van der Waals surface area contributed by atoms with E-state index in [-0.39, 0.29) is 12.5 Å². The van der Waals surface area contributed by atoms with Crippen LogP contribution in [0.4, 0.5) is 17.3 Å². The van der Waals surface area contributed by atoms with E-state index in [2.05, 4.69) is 25.6 Å². The number of benzene rings is 1. The van der Waals surface area contributed by atoms with Gasteiger partial charge >= 0.3 is 0 Å². The van der Waals surface area contributed by atoms with Gasteiger partial charge in [0.25, 0.3) is 0 Å². The molecule has 0 spiro atoms. The Morgan fingerprint density at radius 2 is 2.00 bits per heavy atom. The molecule has 1 amide bonds. The molecule has 0 saturated heterocycles. The van der Waals surface area contributed by atoms with Gasteiger partial charge in [0.05, 0.1) is 18.7 Å². The predicted molar refractivity (Wildman–Crippen MR) is 118 cm³/mol. The van der Waals surface area contributed by atoms with Crippen LogP contribution in [0.3, 0.4) is 0 Å². The molecule has 4 rings (SSSR count).